The Kier molecular flexibility index (Phi) is 6.21. The Bertz CT molecular complexity index is 1420. The highest BCUT2D eigenvalue weighted by molar-refractivity contribution is 7.89. The fraction of sp³-hybridized carbons (Fsp3) is 0.524. The molecular formula is C21H25F2N7O4S2. The first kappa shape index (κ1) is 24.9. The molecular weight excluding hydrogens is 516 g/mol. The summed E-state index contributed by atoms with van der Waals surface area (Å²) in [6.07, 6.45) is 0.438. The zero-order valence-corrected chi connectivity index (χ0v) is 21.4. The molecule has 2 aliphatic rings. The van der Waals surface area contributed by atoms with Crippen molar-refractivity contribution in [2.24, 2.45) is 0 Å². The number of sulfonamides is 1. The number of carbonyl (C=O) groups is 1. The minimum atomic E-state index is -3.93. The summed E-state index contributed by atoms with van der Waals surface area (Å²) in [5.74, 6) is -0.299. The number of imidazole rings is 1. The van der Waals surface area contributed by atoms with Crippen LogP contribution < -0.4 is 14.9 Å². The van der Waals surface area contributed by atoms with Crippen molar-refractivity contribution < 1.29 is 26.7 Å². The third-order valence-corrected chi connectivity index (χ3v) is 8.80. The predicted octanol–water partition coefficient (Wildman–Crippen LogP) is 1.96. The topological polar surface area (TPSA) is 131 Å². The van der Waals surface area contributed by atoms with Gasteiger partial charge in [-0.05, 0) is 32.8 Å². The highest BCUT2D eigenvalue weighted by Gasteiger charge is 2.42. The lowest BCUT2D eigenvalue weighted by Crippen LogP contribution is -2.52. The lowest BCUT2D eigenvalue weighted by Gasteiger charge is -2.37. The second-order valence-electron chi connectivity index (χ2n) is 9.26. The van der Waals surface area contributed by atoms with E-state index in [9.17, 15) is 22.0 Å². The first-order valence-corrected chi connectivity index (χ1v) is 13.6. The molecule has 1 aliphatic carbocycles. The van der Waals surface area contributed by atoms with E-state index < -0.39 is 33.1 Å². The minimum Gasteiger partial charge on any atom is -0.363 e. The molecule has 15 heteroatoms. The lowest BCUT2D eigenvalue weighted by molar-refractivity contribution is -0.136. The Balaban J connectivity index is 1.65. The van der Waals surface area contributed by atoms with E-state index in [1.54, 1.807) is 0 Å². The van der Waals surface area contributed by atoms with Crippen LogP contribution in [0.1, 0.15) is 38.1 Å². The van der Waals surface area contributed by atoms with Crippen LogP contribution in [0.3, 0.4) is 0 Å². The Morgan fingerprint density at radius 1 is 1.31 bits per heavy atom. The number of amides is 1. The van der Waals surface area contributed by atoms with Crippen molar-refractivity contribution in [1.82, 2.24) is 29.6 Å². The van der Waals surface area contributed by atoms with Gasteiger partial charge in [0.1, 0.15) is 10.6 Å². The van der Waals surface area contributed by atoms with Gasteiger partial charge in [0.15, 0.2) is 21.8 Å². The van der Waals surface area contributed by atoms with Gasteiger partial charge in [0.05, 0.1) is 24.5 Å². The van der Waals surface area contributed by atoms with Crippen molar-refractivity contribution in [3.8, 4) is 10.7 Å². The van der Waals surface area contributed by atoms with Gasteiger partial charge in [0, 0.05) is 25.3 Å². The molecule has 1 aliphatic heterocycles. The number of halogens is 2. The summed E-state index contributed by atoms with van der Waals surface area (Å²) in [6.45, 7) is 4.20. The SMILES string of the molecule is CNC(=O)[C@H]1CN(c2cc(S(=O)(=O)NC3(C)CC3)cn3c(-c4nnc(C(F)F)s4)cnc23)C[C@@H](C)O1. The number of nitrogens with zero attached hydrogens (tertiary/aromatic N) is 5. The molecule has 2 atom stereocenters. The van der Waals surface area contributed by atoms with Crippen LogP contribution in [0.15, 0.2) is 23.4 Å². The van der Waals surface area contributed by atoms with E-state index in [1.165, 1.54) is 29.9 Å². The fourth-order valence-corrected chi connectivity index (χ4v) is 6.32. The second kappa shape index (κ2) is 8.97. The molecule has 36 heavy (non-hydrogen) atoms. The summed E-state index contributed by atoms with van der Waals surface area (Å²) in [5.41, 5.74) is 0.678. The number of hydrogen-bond donors (Lipinski definition) is 2. The summed E-state index contributed by atoms with van der Waals surface area (Å²) in [7, 11) is -2.41. The number of fused-ring (bicyclic) bond motifs is 1. The molecule has 194 valence electrons. The maximum atomic E-state index is 13.3. The van der Waals surface area contributed by atoms with Crippen molar-refractivity contribution in [3.05, 3.63) is 23.5 Å². The van der Waals surface area contributed by atoms with Gasteiger partial charge < -0.3 is 15.0 Å². The maximum absolute atomic E-state index is 13.3. The number of hydrogen-bond acceptors (Lipinski definition) is 9. The third-order valence-electron chi connectivity index (χ3n) is 6.24. The first-order valence-electron chi connectivity index (χ1n) is 11.3. The number of alkyl halides is 2. The molecule has 1 amide bonds. The molecule has 3 aromatic rings. The molecule has 0 aromatic carbocycles. The highest BCUT2D eigenvalue weighted by atomic mass is 32.2. The van der Waals surface area contributed by atoms with Crippen LogP contribution in [0.5, 0.6) is 0 Å². The van der Waals surface area contributed by atoms with E-state index in [1.807, 2.05) is 18.7 Å². The average molecular weight is 542 g/mol. The van der Waals surface area contributed by atoms with Crippen LogP contribution in [-0.4, -0.2) is 71.8 Å². The van der Waals surface area contributed by atoms with Crippen LogP contribution in [0.4, 0.5) is 14.5 Å². The van der Waals surface area contributed by atoms with E-state index in [0.717, 1.165) is 12.8 Å². The summed E-state index contributed by atoms with van der Waals surface area (Å²) in [4.78, 5) is 18.6. The summed E-state index contributed by atoms with van der Waals surface area (Å²) >= 11 is 0.711. The first-order chi connectivity index (χ1) is 17.0. The molecule has 0 spiro atoms. The van der Waals surface area contributed by atoms with Gasteiger partial charge in [-0.2, -0.15) is 0 Å². The summed E-state index contributed by atoms with van der Waals surface area (Å²) in [5, 5.41) is 9.73. The van der Waals surface area contributed by atoms with Crippen molar-refractivity contribution in [3.63, 3.8) is 0 Å². The van der Waals surface area contributed by atoms with Gasteiger partial charge in [-0.15, -0.1) is 10.2 Å². The van der Waals surface area contributed by atoms with Crippen molar-refractivity contribution in [1.29, 1.82) is 0 Å². The predicted molar refractivity (Wildman–Crippen MR) is 128 cm³/mol. The van der Waals surface area contributed by atoms with Crippen LogP contribution in [0, 0.1) is 0 Å². The standard InChI is InChI=1S/C21H25F2N7O4S2/c1-11-8-29(10-15(34-11)18(31)24-3)13-6-12(36(32,33)28-21(2)4-5-21)9-30-14(7-25-17(13)30)19-26-27-20(35-19)16(22)23/h6-7,9,11,15-16,28H,4-5,8,10H2,1-3H3,(H,24,31)/t11-,15-/m1/s1. The molecule has 5 rings (SSSR count). The minimum absolute atomic E-state index is 0.0217. The molecule has 1 saturated carbocycles. The van der Waals surface area contributed by atoms with Gasteiger partial charge in [-0.25, -0.2) is 26.9 Å². The molecule has 0 radical (unpaired) electrons. The average Bonchev–Trinajstić information content (AvgIpc) is 3.21. The largest absolute Gasteiger partial charge is 0.363 e. The molecule has 0 bridgehead atoms. The molecule has 11 nitrogen and oxygen atoms in total. The third kappa shape index (κ3) is 4.67. The quantitative estimate of drug-likeness (QED) is 0.464. The van der Waals surface area contributed by atoms with Crippen LogP contribution in [0.25, 0.3) is 16.3 Å². The number of nitrogens with one attached hydrogen (secondary N) is 2. The Morgan fingerprint density at radius 2 is 2.06 bits per heavy atom. The Morgan fingerprint density at radius 3 is 2.69 bits per heavy atom. The van der Waals surface area contributed by atoms with E-state index in [2.05, 4.69) is 25.2 Å². The molecule has 2 fully saturated rings. The molecule has 1 saturated heterocycles. The van der Waals surface area contributed by atoms with Gasteiger partial charge in [0.25, 0.3) is 12.3 Å². The van der Waals surface area contributed by atoms with Gasteiger partial charge in [-0.1, -0.05) is 11.3 Å². The number of rotatable bonds is 7. The summed E-state index contributed by atoms with van der Waals surface area (Å²) in [6, 6.07) is 1.52. The highest BCUT2D eigenvalue weighted by Crippen LogP contribution is 2.38. The van der Waals surface area contributed by atoms with Gasteiger partial charge in [0.2, 0.25) is 10.0 Å². The number of morpholine rings is 1. The number of ether oxygens (including phenoxy) is 1. The number of carbonyl (C=O) groups excluding carboxylic acids is 1. The van der Waals surface area contributed by atoms with E-state index in [4.69, 9.17) is 4.74 Å². The van der Waals surface area contributed by atoms with E-state index in [0.29, 0.717) is 34.9 Å². The van der Waals surface area contributed by atoms with Crippen LogP contribution in [-0.2, 0) is 19.6 Å². The zero-order chi connectivity index (χ0) is 25.8. The number of aromatic nitrogens is 4. The molecule has 4 heterocycles. The monoisotopic (exact) mass is 541 g/mol. The normalized spacial score (nSPS) is 21.8. The fourth-order valence-electron chi connectivity index (χ4n) is 4.14. The van der Waals surface area contributed by atoms with Crippen molar-refractivity contribution in [2.75, 3.05) is 25.0 Å². The zero-order valence-electron chi connectivity index (χ0n) is 19.7. The lowest BCUT2D eigenvalue weighted by atomic mass is 10.2. The van der Waals surface area contributed by atoms with Crippen molar-refractivity contribution >= 4 is 38.6 Å². The Hall–Kier alpha value is -2.75. The smallest absolute Gasteiger partial charge is 0.291 e. The van der Waals surface area contributed by atoms with E-state index >= 15 is 0 Å². The molecule has 0 unspecified atom stereocenters. The van der Waals surface area contributed by atoms with Crippen LogP contribution >= 0.6 is 11.3 Å². The van der Waals surface area contributed by atoms with E-state index in [-0.39, 0.29) is 28.5 Å². The number of pyridine rings is 1. The maximum Gasteiger partial charge on any atom is 0.291 e. The molecule has 3 aromatic heterocycles. The molecule has 2 N–H and O–H groups in total. The second-order valence-corrected chi connectivity index (χ2v) is 12.0. The number of anilines is 1. The van der Waals surface area contributed by atoms with Crippen molar-refractivity contribution in [2.45, 2.75) is 55.8 Å². The van der Waals surface area contributed by atoms with Gasteiger partial charge >= 0.3 is 0 Å². The van der Waals surface area contributed by atoms with Gasteiger partial charge in [-0.3, -0.25) is 9.20 Å². The Labute approximate surface area is 209 Å². The number of likely N-dealkylation sites (N-methyl/N-ethyl adjacent to an activating group) is 1. The summed E-state index contributed by atoms with van der Waals surface area (Å²) < 4.78 is 63.0. The van der Waals surface area contributed by atoms with Crippen LogP contribution in [0.2, 0.25) is 0 Å².